The van der Waals surface area contributed by atoms with Crippen LogP contribution >= 0.6 is 0 Å². The molecule has 1 N–H and O–H groups in total. The number of benzene rings is 3. The summed E-state index contributed by atoms with van der Waals surface area (Å²) in [5, 5.41) is 2.90. The number of rotatable bonds is 11. The number of halogens is 1. The minimum absolute atomic E-state index is 0.0803. The van der Waals surface area contributed by atoms with Crippen molar-refractivity contribution < 1.29 is 22.4 Å². The smallest absolute Gasteiger partial charge is 0.264 e. The van der Waals surface area contributed by atoms with Crippen LogP contribution in [0.1, 0.15) is 32.8 Å². The Hall–Kier alpha value is -3.72. The molecular formula is C28H32FN3O4S. The van der Waals surface area contributed by atoms with Gasteiger partial charge in [-0.05, 0) is 62.2 Å². The van der Waals surface area contributed by atoms with Gasteiger partial charge >= 0.3 is 0 Å². The van der Waals surface area contributed by atoms with E-state index in [4.69, 9.17) is 0 Å². The van der Waals surface area contributed by atoms with E-state index in [1.165, 1.54) is 4.90 Å². The molecule has 2 atom stereocenters. The van der Waals surface area contributed by atoms with Crippen molar-refractivity contribution in [1.29, 1.82) is 0 Å². The molecule has 2 amide bonds. The highest BCUT2D eigenvalue weighted by Gasteiger charge is 2.32. The molecule has 0 radical (unpaired) electrons. The molecular weight excluding hydrogens is 493 g/mol. The van der Waals surface area contributed by atoms with Gasteiger partial charge in [0.25, 0.3) is 10.0 Å². The van der Waals surface area contributed by atoms with Crippen LogP contribution in [0.15, 0.2) is 89.8 Å². The summed E-state index contributed by atoms with van der Waals surface area (Å²) in [5.41, 5.74) is 1.07. The predicted octanol–water partition coefficient (Wildman–Crippen LogP) is 4.35. The van der Waals surface area contributed by atoms with Crippen LogP contribution < -0.4 is 9.62 Å². The van der Waals surface area contributed by atoms with Crippen molar-refractivity contribution in [2.45, 2.75) is 50.7 Å². The number of hydrogen-bond donors (Lipinski definition) is 1. The Morgan fingerprint density at radius 3 is 2.03 bits per heavy atom. The summed E-state index contributed by atoms with van der Waals surface area (Å²) in [7, 11) is -4.22. The van der Waals surface area contributed by atoms with Crippen molar-refractivity contribution in [2.75, 3.05) is 10.8 Å². The molecule has 9 heteroatoms. The van der Waals surface area contributed by atoms with Crippen molar-refractivity contribution >= 4 is 27.5 Å². The van der Waals surface area contributed by atoms with Gasteiger partial charge in [-0.25, -0.2) is 12.8 Å². The molecule has 0 aliphatic rings. The van der Waals surface area contributed by atoms with E-state index in [1.54, 1.807) is 37.3 Å². The number of carbonyl (C=O) groups excluding carboxylic acids is 2. The molecule has 0 unspecified atom stereocenters. The first-order chi connectivity index (χ1) is 17.6. The van der Waals surface area contributed by atoms with Crippen LogP contribution in [0.5, 0.6) is 0 Å². The number of para-hydroxylation sites is 1. The van der Waals surface area contributed by atoms with Gasteiger partial charge in [0.2, 0.25) is 11.8 Å². The first-order valence-corrected chi connectivity index (χ1v) is 13.5. The largest absolute Gasteiger partial charge is 0.352 e. The third-order valence-corrected chi connectivity index (χ3v) is 7.88. The lowest BCUT2D eigenvalue weighted by molar-refractivity contribution is -0.139. The standard InChI is InChI=1S/C28H32FN3O4S/c1-4-21(2)30-28(34)22(3)31(19-23-11-7-5-8-12-23)27(33)20-32(25-13-9-6-10-14-25)37(35,36)26-17-15-24(29)16-18-26/h5-18,21-22H,4,19-20H2,1-3H3,(H,30,34)/t21-,22-/m1/s1. The van der Waals surface area contributed by atoms with Crippen molar-refractivity contribution in [1.82, 2.24) is 10.2 Å². The van der Waals surface area contributed by atoms with Crippen LogP contribution in [0, 0.1) is 5.82 Å². The van der Waals surface area contributed by atoms with E-state index >= 15 is 0 Å². The Bertz CT molecular complexity index is 1290. The summed E-state index contributed by atoms with van der Waals surface area (Å²) in [5.74, 6) is -1.45. The quantitative estimate of drug-likeness (QED) is 0.403. The SMILES string of the molecule is CC[C@@H](C)NC(=O)[C@@H](C)N(Cc1ccccc1)C(=O)CN(c1ccccc1)S(=O)(=O)c1ccc(F)cc1. The maximum absolute atomic E-state index is 13.7. The average molecular weight is 526 g/mol. The topological polar surface area (TPSA) is 86.8 Å². The molecule has 0 aliphatic heterocycles. The van der Waals surface area contributed by atoms with Crippen LogP contribution in [0.4, 0.5) is 10.1 Å². The molecule has 3 aromatic rings. The van der Waals surface area contributed by atoms with E-state index in [9.17, 15) is 22.4 Å². The highest BCUT2D eigenvalue weighted by atomic mass is 32.2. The van der Waals surface area contributed by atoms with Gasteiger partial charge < -0.3 is 10.2 Å². The van der Waals surface area contributed by atoms with Gasteiger partial charge in [0, 0.05) is 12.6 Å². The van der Waals surface area contributed by atoms with E-state index in [1.807, 2.05) is 44.2 Å². The highest BCUT2D eigenvalue weighted by molar-refractivity contribution is 7.92. The minimum Gasteiger partial charge on any atom is -0.352 e. The van der Waals surface area contributed by atoms with E-state index in [0.29, 0.717) is 0 Å². The van der Waals surface area contributed by atoms with Gasteiger partial charge in [-0.15, -0.1) is 0 Å². The fraction of sp³-hybridized carbons (Fsp3) is 0.286. The second-order valence-electron chi connectivity index (χ2n) is 8.80. The van der Waals surface area contributed by atoms with E-state index in [0.717, 1.165) is 40.6 Å². The predicted molar refractivity (Wildman–Crippen MR) is 142 cm³/mol. The molecule has 0 saturated carbocycles. The Labute approximate surface area is 218 Å². The Morgan fingerprint density at radius 2 is 1.46 bits per heavy atom. The zero-order valence-electron chi connectivity index (χ0n) is 21.2. The lowest BCUT2D eigenvalue weighted by Crippen LogP contribution is -2.52. The monoisotopic (exact) mass is 525 g/mol. The molecule has 7 nitrogen and oxygen atoms in total. The number of nitrogens with one attached hydrogen (secondary N) is 1. The van der Waals surface area contributed by atoms with Crippen molar-refractivity contribution in [2.24, 2.45) is 0 Å². The molecule has 0 saturated heterocycles. The molecule has 0 aromatic heterocycles. The van der Waals surface area contributed by atoms with E-state index in [-0.39, 0.29) is 29.1 Å². The van der Waals surface area contributed by atoms with Crippen LogP contribution in [-0.2, 0) is 26.2 Å². The number of amides is 2. The van der Waals surface area contributed by atoms with Crippen LogP contribution in [0.25, 0.3) is 0 Å². The summed E-state index contributed by atoms with van der Waals surface area (Å²) >= 11 is 0. The van der Waals surface area contributed by atoms with Gasteiger partial charge in [-0.1, -0.05) is 55.5 Å². The fourth-order valence-electron chi connectivity index (χ4n) is 3.69. The summed E-state index contributed by atoms with van der Waals surface area (Å²) < 4.78 is 41.7. The van der Waals surface area contributed by atoms with Crippen molar-refractivity contribution in [3.8, 4) is 0 Å². The molecule has 37 heavy (non-hydrogen) atoms. The molecule has 196 valence electrons. The maximum Gasteiger partial charge on any atom is 0.264 e. The number of sulfonamides is 1. The summed E-state index contributed by atoms with van der Waals surface area (Å²) in [4.78, 5) is 28.0. The zero-order chi connectivity index (χ0) is 27.0. The zero-order valence-corrected chi connectivity index (χ0v) is 22.0. The molecule has 0 spiro atoms. The Morgan fingerprint density at radius 1 is 0.892 bits per heavy atom. The van der Waals surface area contributed by atoms with E-state index < -0.39 is 34.3 Å². The Balaban J connectivity index is 1.98. The highest BCUT2D eigenvalue weighted by Crippen LogP contribution is 2.24. The lowest BCUT2D eigenvalue weighted by Gasteiger charge is -2.32. The third kappa shape index (κ3) is 7.16. The molecule has 0 aliphatic carbocycles. The van der Waals surface area contributed by atoms with Gasteiger partial charge in [-0.2, -0.15) is 0 Å². The second kappa shape index (κ2) is 12.5. The molecule has 0 fully saturated rings. The summed E-state index contributed by atoms with van der Waals surface area (Å²) in [6.07, 6.45) is 0.725. The first kappa shape index (κ1) is 27.9. The van der Waals surface area contributed by atoms with Crippen molar-refractivity contribution in [3.05, 3.63) is 96.3 Å². The first-order valence-electron chi connectivity index (χ1n) is 12.1. The second-order valence-corrected chi connectivity index (χ2v) is 10.7. The molecule has 0 heterocycles. The molecule has 3 rings (SSSR count). The molecule has 3 aromatic carbocycles. The minimum atomic E-state index is -4.22. The van der Waals surface area contributed by atoms with Crippen LogP contribution in [0.3, 0.4) is 0 Å². The number of nitrogens with zero attached hydrogens (tertiary/aromatic N) is 2. The van der Waals surface area contributed by atoms with Crippen molar-refractivity contribution in [3.63, 3.8) is 0 Å². The van der Waals surface area contributed by atoms with Gasteiger partial charge in [0.15, 0.2) is 0 Å². The van der Waals surface area contributed by atoms with Gasteiger partial charge in [0.05, 0.1) is 10.6 Å². The lowest BCUT2D eigenvalue weighted by atomic mass is 10.1. The third-order valence-electron chi connectivity index (χ3n) is 6.09. The summed E-state index contributed by atoms with van der Waals surface area (Å²) in [6, 6.07) is 20.9. The number of carbonyl (C=O) groups is 2. The average Bonchev–Trinajstić information content (AvgIpc) is 2.91. The Kier molecular flexibility index (Phi) is 9.41. The normalized spacial score (nSPS) is 12.9. The van der Waals surface area contributed by atoms with Crippen LogP contribution in [0.2, 0.25) is 0 Å². The van der Waals surface area contributed by atoms with Gasteiger partial charge in [0.1, 0.15) is 18.4 Å². The number of hydrogen-bond acceptors (Lipinski definition) is 4. The number of anilines is 1. The van der Waals surface area contributed by atoms with Crippen LogP contribution in [-0.4, -0.2) is 43.8 Å². The molecule has 0 bridgehead atoms. The fourth-order valence-corrected chi connectivity index (χ4v) is 5.10. The van der Waals surface area contributed by atoms with Gasteiger partial charge in [-0.3, -0.25) is 13.9 Å². The van der Waals surface area contributed by atoms with E-state index in [2.05, 4.69) is 5.32 Å². The summed E-state index contributed by atoms with van der Waals surface area (Å²) in [6.45, 7) is 5.02. The maximum atomic E-state index is 13.7.